The van der Waals surface area contributed by atoms with Crippen LogP contribution in [0.15, 0.2) is 29.2 Å². The molecule has 22 heavy (non-hydrogen) atoms. The highest BCUT2D eigenvalue weighted by Crippen LogP contribution is 2.30. The molecule has 0 radical (unpaired) electrons. The zero-order valence-corrected chi connectivity index (χ0v) is 12.5. The number of carbonyl (C=O) groups is 1. The first-order valence-corrected chi connectivity index (χ1v) is 8.42. The molecular formula is C14H16F2O5S. The Morgan fingerprint density at radius 2 is 1.68 bits per heavy atom. The van der Waals surface area contributed by atoms with Crippen LogP contribution in [-0.2, 0) is 14.6 Å². The maximum absolute atomic E-state index is 12.9. The molecule has 0 unspecified atom stereocenters. The summed E-state index contributed by atoms with van der Waals surface area (Å²) >= 11 is 0. The van der Waals surface area contributed by atoms with Gasteiger partial charge >= 0.3 is 12.1 Å². The molecule has 1 saturated carbocycles. The molecule has 0 heterocycles. The molecule has 0 aliphatic heterocycles. The normalized spacial score (nSPS) is 17.2. The monoisotopic (exact) mass is 334 g/mol. The van der Waals surface area contributed by atoms with Crippen molar-refractivity contribution in [2.45, 2.75) is 48.4 Å². The van der Waals surface area contributed by atoms with Gasteiger partial charge in [-0.2, -0.15) is 8.78 Å². The van der Waals surface area contributed by atoms with E-state index in [4.69, 9.17) is 5.11 Å². The zero-order valence-electron chi connectivity index (χ0n) is 11.7. The van der Waals surface area contributed by atoms with Crippen LogP contribution in [0.3, 0.4) is 0 Å². The van der Waals surface area contributed by atoms with E-state index < -0.39 is 32.9 Å². The number of aliphatic carboxylic acids is 1. The summed E-state index contributed by atoms with van der Waals surface area (Å²) in [6.45, 7) is 0. The van der Waals surface area contributed by atoms with Crippen molar-refractivity contribution in [1.82, 2.24) is 0 Å². The Kier molecular flexibility index (Phi) is 4.69. The molecule has 0 spiro atoms. The minimum atomic E-state index is -4.36. The second kappa shape index (κ2) is 6.20. The van der Waals surface area contributed by atoms with Crippen molar-refractivity contribution < 1.29 is 31.8 Å². The molecule has 1 aliphatic rings. The standard InChI is InChI=1S/C14H16F2O5S/c15-14(16,13(17)18)21-10-6-8-12(9-7-10)22(19,20)11-4-2-1-3-5-11/h6-9,11H,1-5H2,(H,17,18). The summed E-state index contributed by atoms with van der Waals surface area (Å²) in [5, 5.41) is 7.84. The quantitative estimate of drug-likeness (QED) is 0.895. The van der Waals surface area contributed by atoms with Crippen molar-refractivity contribution in [2.24, 2.45) is 0 Å². The van der Waals surface area contributed by atoms with Crippen LogP contribution in [0.1, 0.15) is 32.1 Å². The summed E-state index contributed by atoms with van der Waals surface area (Å²) in [6.07, 6.45) is -0.436. The molecule has 122 valence electrons. The van der Waals surface area contributed by atoms with Gasteiger partial charge in [0.1, 0.15) is 5.75 Å². The summed E-state index contributed by atoms with van der Waals surface area (Å²) in [6, 6.07) is 4.40. The Hall–Kier alpha value is -1.70. The number of rotatable bonds is 5. The number of carboxylic acid groups (broad SMARTS) is 1. The first-order chi connectivity index (χ1) is 10.2. The number of halogens is 2. The van der Waals surface area contributed by atoms with E-state index in [9.17, 15) is 22.0 Å². The molecule has 0 aromatic heterocycles. The molecule has 1 N–H and O–H groups in total. The second-order valence-corrected chi connectivity index (χ2v) is 7.43. The van der Waals surface area contributed by atoms with Crippen LogP contribution < -0.4 is 4.74 Å². The number of sulfone groups is 1. The lowest BCUT2D eigenvalue weighted by molar-refractivity contribution is -0.210. The smallest absolute Gasteiger partial charge is 0.474 e. The summed E-state index contributed by atoms with van der Waals surface area (Å²) < 4.78 is 54.7. The molecular weight excluding hydrogens is 318 g/mol. The van der Waals surface area contributed by atoms with Crippen LogP contribution in [-0.4, -0.2) is 30.9 Å². The Balaban J connectivity index is 2.16. The van der Waals surface area contributed by atoms with E-state index in [1.54, 1.807) is 0 Å². The third kappa shape index (κ3) is 3.55. The van der Waals surface area contributed by atoms with Gasteiger partial charge in [0.05, 0.1) is 10.1 Å². The predicted octanol–water partition coefficient (Wildman–Crippen LogP) is 2.85. The van der Waals surface area contributed by atoms with Crippen molar-refractivity contribution in [3.8, 4) is 5.75 Å². The molecule has 0 saturated heterocycles. The van der Waals surface area contributed by atoms with Gasteiger partial charge in [0, 0.05) is 0 Å². The fourth-order valence-corrected chi connectivity index (χ4v) is 4.31. The lowest BCUT2D eigenvalue weighted by Crippen LogP contribution is -2.34. The van der Waals surface area contributed by atoms with Crippen LogP contribution in [0, 0.1) is 0 Å². The van der Waals surface area contributed by atoms with Crippen molar-refractivity contribution in [3.63, 3.8) is 0 Å². The van der Waals surface area contributed by atoms with Crippen molar-refractivity contribution >= 4 is 15.8 Å². The van der Waals surface area contributed by atoms with Gasteiger partial charge in [-0.3, -0.25) is 0 Å². The average molecular weight is 334 g/mol. The van der Waals surface area contributed by atoms with Gasteiger partial charge in [-0.25, -0.2) is 13.2 Å². The van der Waals surface area contributed by atoms with Crippen molar-refractivity contribution in [3.05, 3.63) is 24.3 Å². The predicted molar refractivity (Wildman–Crippen MR) is 73.7 cm³/mol. The van der Waals surface area contributed by atoms with Gasteiger partial charge < -0.3 is 9.84 Å². The highest BCUT2D eigenvalue weighted by atomic mass is 32.2. The van der Waals surface area contributed by atoms with Gasteiger partial charge in [-0.15, -0.1) is 0 Å². The number of benzene rings is 1. The molecule has 1 aliphatic carbocycles. The van der Waals surface area contributed by atoms with Crippen LogP contribution >= 0.6 is 0 Å². The van der Waals surface area contributed by atoms with Gasteiger partial charge in [0.15, 0.2) is 9.84 Å². The Labute approximate surface area is 126 Å². The molecule has 0 bridgehead atoms. The molecule has 0 atom stereocenters. The largest absolute Gasteiger partial charge is 0.501 e. The van der Waals surface area contributed by atoms with E-state index in [1.165, 1.54) is 0 Å². The third-order valence-electron chi connectivity index (χ3n) is 3.64. The molecule has 2 rings (SSSR count). The third-order valence-corrected chi connectivity index (χ3v) is 5.92. The molecule has 5 nitrogen and oxygen atoms in total. The van der Waals surface area contributed by atoms with Gasteiger partial charge in [-0.1, -0.05) is 19.3 Å². The van der Waals surface area contributed by atoms with Crippen LogP contribution in [0.5, 0.6) is 5.75 Å². The number of alkyl halides is 2. The number of hydrogen-bond acceptors (Lipinski definition) is 4. The lowest BCUT2D eigenvalue weighted by Gasteiger charge is -2.22. The average Bonchev–Trinajstić information content (AvgIpc) is 2.48. The van der Waals surface area contributed by atoms with Crippen molar-refractivity contribution in [2.75, 3.05) is 0 Å². The van der Waals surface area contributed by atoms with E-state index in [1.807, 2.05) is 0 Å². The summed E-state index contributed by atoms with van der Waals surface area (Å²) in [5.41, 5.74) is 0. The maximum atomic E-state index is 12.9. The second-order valence-electron chi connectivity index (χ2n) is 5.20. The molecule has 1 aromatic rings. The fraction of sp³-hybridized carbons (Fsp3) is 0.500. The van der Waals surface area contributed by atoms with Gasteiger partial charge in [-0.05, 0) is 37.1 Å². The fourth-order valence-electron chi connectivity index (χ4n) is 2.46. The van der Waals surface area contributed by atoms with Gasteiger partial charge in [0.2, 0.25) is 0 Å². The Morgan fingerprint density at radius 1 is 1.14 bits per heavy atom. The zero-order chi connectivity index (χ0) is 16.4. The first kappa shape index (κ1) is 16.7. The topological polar surface area (TPSA) is 80.7 Å². The van der Waals surface area contributed by atoms with Crippen molar-refractivity contribution in [1.29, 1.82) is 0 Å². The van der Waals surface area contributed by atoms with E-state index in [0.29, 0.717) is 12.8 Å². The van der Waals surface area contributed by atoms with E-state index >= 15 is 0 Å². The number of carboxylic acids is 1. The first-order valence-electron chi connectivity index (χ1n) is 6.87. The highest BCUT2D eigenvalue weighted by molar-refractivity contribution is 7.92. The van der Waals surface area contributed by atoms with E-state index in [-0.39, 0.29) is 4.90 Å². The van der Waals surface area contributed by atoms with Crippen LogP contribution in [0.4, 0.5) is 8.78 Å². The maximum Gasteiger partial charge on any atom is 0.501 e. The Morgan fingerprint density at radius 3 is 2.18 bits per heavy atom. The SMILES string of the molecule is O=C(O)C(F)(F)Oc1ccc(S(=O)(=O)C2CCCCC2)cc1. The Bertz CT molecular complexity index is 634. The summed E-state index contributed by atoms with van der Waals surface area (Å²) in [7, 11) is -3.50. The van der Waals surface area contributed by atoms with Gasteiger partial charge in [0.25, 0.3) is 0 Å². The number of hydrogen-bond donors (Lipinski definition) is 1. The van der Waals surface area contributed by atoms with Crippen LogP contribution in [0.2, 0.25) is 0 Å². The minimum absolute atomic E-state index is 0.0328. The van der Waals surface area contributed by atoms with E-state index in [0.717, 1.165) is 43.5 Å². The summed E-state index contributed by atoms with van der Waals surface area (Å²) in [5.74, 6) is -2.82. The molecule has 8 heteroatoms. The van der Waals surface area contributed by atoms with E-state index in [2.05, 4.69) is 4.74 Å². The summed E-state index contributed by atoms with van der Waals surface area (Å²) in [4.78, 5) is 10.3. The minimum Gasteiger partial charge on any atom is -0.474 e. The number of ether oxygens (including phenoxy) is 1. The highest BCUT2D eigenvalue weighted by Gasteiger charge is 2.42. The molecule has 0 amide bonds. The molecule has 1 fully saturated rings. The molecule has 1 aromatic carbocycles. The van der Waals surface area contributed by atoms with Crippen LogP contribution in [0.25, 0.3) is 0 Å². The lowest BCUT2D eigenvalue weighted by atomic mass is 10.0.